The maximum Gasteiger partial charge on any atom is 0.433 e. The molecule has 4 nitrogen and oxygen atoms in total. The van der Waals surface area contributed by atoms with Crippen LogP contribution in [0.2, 0.25) is 0 Å². The molecule has 2 rings (SSSR count). The van der Waals surface area contributed by atoms with Gasteiger partial charge in [0.15, 0.2) is 5.69 Å². The average Bonchev–Trinajstić information content (AvgIpc) is 2.09. The molecule has 1 aliphatic carbocycles. The molecule has 0 atom stereocenters. The first-order chi connectivity index (χ1) is 7.45. The number of aromatic nitrogens is 2. The van der Waals surface area contributed by atoms with Gasteiger partial charge in [-0.2, -0.15) is 18.2 Å². The molecule has 88 valence electrons. The first-order valence-electron chi connectivity index (χ1n) is 4.83. The van der Waals surface area contributed by atoms with E-state index in [9.17, 15) is 13.2 Å². The molecule has 0 aromatic carbocycles. The standard InChI is InChI=1S/C9H10F3N3O/c10-9(11,12)6-4-7(15-8(13)14-6)16-5-2-1-3-5/h4-5H,1-3H2,(H2,13,14,15). The Kier molecular flexibility index (Phi) is 2.61. The summed E-state index contributed by atoms with van der Waals surface area (Å²) in [7, 11) is 0. The van der Waals surface area contributed by atoms with Crippen LogP contribution in [0.3, 0.4) is 0 Å². The van der Waals surface area contributed by atoms with Crippen molar-refractivity contribution in [3.8, 4) is 5.88 Å². The molecule has 1 aromatic rings. The first-order valence-corrected chi connectivity index (χ1v) is 4.83. The van der Waals surface area contributed by atoms with Crippen LogP contribution in [0.25, 0.3) is 0 Å². The molecule has 0 aliphatic heterocycles. The zero-order valence-corrected chi connectivity index (χ0v) is 8.29. The second kappa shape index (κ2) is 3.80. The Hall–Kier alpha value is -1.53. The predicted octanol–water partition coefficient (Wildman–Crippen LogP) is 2.01. The van der Waals surface area contributed by atoms with Crippen molar-refractivity contribution >= 4 is 5.95 Å². The third kappa shape index (κ3) is 2.34. The average molecular weight is 233 g/mol. The summed E-state index contributed by atoms with van der Waals surface area (Å²) in [5, 5.41) is 0. The smallest absolute Gasteiger partial charge is 0.433 e. The molecule has 0 bridgehead atoms. The van der Waals surface area contributed by atoms with Gasteiger partial charge in [0.25, 0.3) is 0 Å². The summed E-state index contributed by atoms with van der Waals surface area (Å²) in [5.41, 5.74) is 4.11. The second-order valence-electron chi connectivity index (χ2n) is 3.62. The molecule has 1 aliphatic rings. The second-order valence-corrected chi connectivity index (χ2v) is 3.62. The number of rotatable bonds is 2. The number of hydrogen-bond donors (Lipinski definition) is 1. The zero-order chi connectivity index (χ0) is 11.8. The van der Waals surface area contributed by atoms with Crippen LogP contribution in [0.4, 0.5) is 19.1 Å². The van der Waals surface area contributed by atoms with Crippen LogP contribution in [-0.2, 0) is 6.18 Å². The van der Waals surface area contributed by atoms with Gasteiger partial charge in [0.1, 0.15) is 6.10 Å². The van der Waals surface area contributed by atoms with Crippen LogP contribution in [0.15, 0.2) is 6.07 Å². The Balaban J connectivity index is 2.21. The molecule has 0 spiro atoms. The number of hydrogen-bond acceptors (Lipinski definition) is 4. The van der Waals surface area contributed by atoms with E-state index in [1.54, 1.807) is 0 Å². The number of nitrogens with two attached hydrogens (primary N) is 1. The zero-order valence-electron chi connectivity index (χ0n) is 8.29. The number of nitrogens with zero attached hydrogens (tertiary/aromatic N) is 2. The van der Waals surface area contributed by atoms with Crippen molar-refractivity contribution < 1.29 is 17.9 Å². The first kappa shape index (κ1) is 11.0. The van der Waals surface area contributed by atoms with Gasteiger partial charge in [-0.1, -0.05) is 0 Å². The SMILES string of the molecule is Nc1nc(OC2CCC2)cc(C(F)(F)F)n1. The fraction of sp³-hybridized carbons (Fsp3) is 0.556. The van der Waals surface area contributed by atoms with Gasteiger partial charge in [-0.05, 0) is 19.3 Å². The van der Waals surface area contributed by atoms with Gasteiger partial charge >= 0.3 is 6.18 Å². The van der Waals surface area contributed by atoms with Crippen LogP contribution < -0.4 is 10.5 Å². The monoisotopic (exact) mass is 233 g/mol. The van der Waals surface area contributed by atoms with Gasteiger partial charge in [0.2, 0.25) is 11.8 Å². The van der Waals surface area contributed by atoms with Gasteiger partial charge in [0, 0.05) is 6.07 Å². The van der Waals surface area contributed by atoms with E-state index in [0.29, 0.717) is 0 Å². The molecule has 1 saturated carbocycles. The summed E-state index contributed by atoms with van der Waals surface area (Å²) in [6, 6.07) is 0.772. The molecule has 0 radical (unpaired) electrons. The molecule has 1 fully saturated rings. The molecule has 2 N–H and O–H groups in total. The summed E-state index contributed by atoms with van der Waals surface area (Å²) in [4.78, 5) is 6.73. The fourth-order valence-electron chi connectivity index (χ4n) is 1.31. The fourth-order valence-corrected chi connectivity index (χ4v) is 1.31. The minimum Gasteiger partial charge on any atom is -0.474 e. The Labute approximate surface area is 89.6 Å². The molecule has 0 unspecified atom stereocenters. The number of alkyl halides is 3. The molecule has 1 aromatic heterocycles. The molecule has 16 heavy (non-hydrogen) atoms. The lowest BCUT2D eigenvalue weighted by Gasteiger charge is -2.25. The number of ether oxygens (including phenoxy) is 1. The minimum atomic E-state index is -4.53. The topological polar surface area (TPSA) is 61.0 Å². The van der Waals surface area contributed by atoms with Crippen molar-refractivity contribution in [3.63, 3.8) is 0 Å². The van der Waals surface area contributed by atoms with Crippen LogP contribution in [-0.4, -0.2) is 16.1 Å². The van der Waals surface area contributed by atoms with Crippen molar-refractivity contribution in [2.24, 2.45) is 0 Å². The molecule has 0 amide bonds. The van der Waals surface area contributed by atoms with Crippen LogP contribution in [0, 0.1) is 0 Å². The van der Waals surface area contributed by atoms with E-state index in [0.717, 1.165) is 25.3 Å². The largest absolute Gasteiger partial charge is 0.474 e. The molecule has 1 heterocycles. The highest BCUT2D eigenvalue weighted by atomic mass is 19.4. The van der Waals surface area contributed by atoms with E-state index in [2.05, 4.69) is 9.97 Å². The highest BCUT2D eigenvalue weighted by molar-refractivity contribution is 5.27. The Morgan fingerprint density at radius 3 is 2.50 bits per heavy atom. The van der Waals surface area contributed by atoms with Crippen molar-refractivity contribution in [2.45, 2.75) is 31.5 Å². The van der Waals surface area contributed by atoms with E-state index < -0.39 is 17.8 Å². The summed E-state index contributed by atoms with van der Waals surface area (Å²) >= 11 is 0. The maximum atomic E-state index is 12.4. The van der Waals surface area contributed by atoms with Crippen LogP contribution in [0.5, 0.6) is 5.88 Å². The van der Waals surface area contributed by atoms with E-state index in [-0.39, 0.29) is 12.0 Å². The van der Waals surface area contributed by atoms with Crippen molar-refractivity contribution in [1.82, 2.24) is 9.97 Å². The summed E-state index contributed by atoms with van der Waals surface area (Å²) in [6.45, 7) is 0. The molecular weight excluding hydrogens is 223 g/mol. The Morgan fingerprint density at radius 1 is 1.31 bits per heavy atom. The van der Waals surface area contributed by atoms with Crippen molar-refractivity contribution in [3.05, 3.63) is 11.8 Å². The van der Waals surface area contributed by atoms with Gasteiger partial charge in [-0.15, -0.1) is 0 Å². The highest BCUT2D eigenvalue weighted by Gasteiger charge is 2.34. The number of anilines is 1. The van der Waals surface area contributed by atoms with Crippen molar-refractivity contribution in [2.75, 3.05) is 5.73 Å². The van der Waals surface area contributed by atoms with Gasteiger partial charge in [-0.25, -0.2) is 4.98 Å². The third-order valence-corrected chi connectivity index (χ3v) is 2.35. The van der Waals surface area contributed by atoms with E-state index in [4.69, 9.17) is 10.5 Å². The van der Waals surface area contributed by atoms with Gasteiger partial charge in [-0.3, -0.25) is 0 Å². The molecule has 7 heteroatoms. The highest BCUT2D eigenvalue weighted by Crippen LogP contribution is 2.31. The van der Waals surface area contributed by atoms with Crippen LogP contribution in [0.1, 0.15) is 25.0 Å². The molecular formula is C9H10F3N3O. The predicted molar refractivity (Wildman–Crippen MR) is 49.7 cm³/mol. The summed E-state index contributed by atoms with van der Waals surface area (Å²) in [6.07, 6.45) is -1.88. The Bertz CT molecular complexity index is 390. The quantitative estimate of drug-likeness (QED) is 0.848. The van der Waals surface area contributed by atoms with Crippen molar-refractivity contribution in [1.29, 1.82) is 0 Å². The van der Waals surface area contributed by atoms with E-state index >= 15 is 0 Å². The lowest BCUT2D eigenvalue weighted by atomic mass is 9.96. The lowest BCUT2D eigenvalue weighted by molar-refractivity contribution is -0.141. The van der Waals surface area contributed by atoms with Gasteiger partial charge < -0.3 is 10.5 Å². The summed E-state index contributed by atoms with van der Waals surface area (Å²) in [5.74, 6) is -0.534. The third-order valence-electron chi connectivity index (χ3n) is 2.35. The normalized spacial score (nSPS) is 16.9. The lowest BCUT2D eigenvalue weighted by Crippen LogP contribution is -2.25. The van der Waals surface area contributed by atoms with E-state index in [1.165, 1.54) is 0 Å². The van der Waals surface area contributed by atoms with E-state index in [1.807, 2.05) is 0 Å². The maximum absolute atomic E-state index is 12.4. The van der Waals surface area contributed by atoms with Gasteiger partial charge in [0.05, 0.1) is 0 Å². The number of halogens is 3. The minimum absolute atomic E-state index is 0.0459. The number of nitrogen functional groups attached to an aromatic ring is 1. The van der Waals surface area contributed by atoms with Crippen LogP contribution >= 0.6 is 0 Å². The molecule has 0 saturated heterocycles. The summed E-state index contributed by atoms with van der Waals surface area (Å²) < 4.78 is 42.4. The Morgan fingerprint density at radius 2 is 2.00 bits per heavy atom.